The number of hydrogen-bond donors (Lipinski definition) is 0. The highest BCUT2D eigenvalue weighted by atomic mass is 35.5. The van der Waals surface area contributed by atoms with Crippen LogP contribution in [0.4, 0.5) is 13.2 Å². The van der Waals surface area contributed by atoms with E-state index in [-0.39, 0.29) is 10.6 Å². The van der Waals surface area contributed by atoms with Gasteiger partial charge in [0.25, 0.3) is 0 Å². The van der Waals surface area contributed by atoms with Gasteiger partial charge in [0.2, 0.25) is 0 Å². The van der Waals surface area contributed by atoms with Crippen molar-refractivity contribution < 1.29 is 22.7 Å². The monoisotopic (exact) mass is 272 g/mol. The second kappa shape index (κ2) is 4.51. The third kappa shape index (κ3) is 2.59. The number of halogens is 5. The fourth-order valence-corrected chi connectivity index (χ4v) is 1.54. The third-order valence-corrected chi connectivity index (χ3v) is 2.39. The lowest BCUT2D eigenvalue weighted by atomic mass is 10.1. The van der Waals surface area contributed by atoms with Gasteiger partial charge in [-0.2, -0.15) is 13.2 Å². The minimum atomic E-state index is -4.62. The molecule has 0 aliphatic carbocycles. The van der Waals surface area contributed by atoms with Crippen LogP contribution in [-0.2, 0) is 10.9 Å². The molecule has 0 heterocycles. The fourth-order valence-electron chi connectivity index (χ4n) is 1.03. The average molecular weight is 273 g/mol. The van der Waals surface area contributed by atoms with E-state index in [9.17, 15) is 18.0 Å². The first kappa shape index (κ1) is 13.1. The first-order chi connectivity index (χ1) is 7.27. The number of carbonyl (C=O) groups is 1. The number of alkyl halides is 3. The average Bonchev–Trinajstić information content (AvgIpc) is 2.18. The summed E-state index contributed by atoms with van der Waals surface area (Å²) in [5.41, 5.74) is -1.30. The Morgan fingerprint density at radius 1 is 1.25 bits per heavy atom. The van der Waals surface area contributed by atoms with E-state index in [4.69, 9.17) is 23.2 Å². The summed E-state index contributed by atoms with van der Waals surface area (Å²) in [6.45, 7) is 0. The van der Waals surface area contributed by atoms with Crippen LogP contribution >= 0.6 is 23.2 Å². The van der Waals surface area contributed by atoms with E-state index in [0.717, 1.165) is 13.2 Å². The molecule has 0 N–H and O–H groups in total. The van der Waals surface area contributed by atoms with E-state index in [1.807, 2.05) is 0 Å². The highest BCUT2D eigenvalue weighted by Gasteiger charge is 2.34. The van der Waals surface area contributed by atoms with Gasteiger partial charge in [-0.05, 0) is 12.1 Å². The summed E-state index contributed by atoms with van der Waals surface area (Å²) >= 11 is 10.9. The van der Waals surface area contributed by atoms with Crippen molar-refractivity contribution in [2.24, 2.45) is 0 Å². The van der Waals surface area contributed by atoms with Crippen LogP contribution in [-0.4, -0.2) is 13.1 Å². The summed E-state index contributed by atoms with van der Waals surface area (Å²) in [5, 5.41) is -0.958. The van der Waals surface area contributed by atoms with E-state index >= 15 is 0 Å². The minimum absolute atomic E-state index is 0.206. The Bertz CT molecular complexity index is 429. The molecule has 0 spiro atoms. The zero-order chi connectivity index (χ0) is 12.5. The molecule has 0 fully saturated rings. The minimum Gasteiger partial charge on any atom is -0.465 e. The summed E-state index contributed by atoms with van der Waals surface area (Å²) in [5.74, 6) is -0.847. The number of hydrogen-bond acceptors (Lipinski definition) is 2. The first-order valence-corrected chi connectivity index (χ1v) is 4.67. The van der Waals surface area contributed by atoms with Crippen molar-refractivity contribution in [1.82, 2.24) is 0 Å². The lowest BCUT2D eigenvalue weighted by Gasteiger charge is -2.11. The maximum Gasteiger partial charge on any atom is 0.417 e. The van der Waals surface area contributed by atoms with E-state index in [2.05, 4.69) is 4.74 Å². The van der Waals surface area contributed by atoms with Gasteiger partial charge >= 0.3 is 12.1 Å². The predicted molar refractivity (Wildman–Crippen MR) is 52.8 cm³/mol. The molecular formula is C9H5Cl2F3O2. The normalized spacial score (nSPS) is 11.4. The van der Waals surface area contributed by atoms with E-state index in [0.29, 0.717) is 6.07 Å². The van der Waals surface area contributed by atoms with Crippen LogP contribution in [0.3, 0.4) is 0 Å². The van der Waals surface area contributed by atoms with Crippen LogP contribution < -0.4 is 0 Å². The zero-order valence-corrected chi connectivity index (χ0v) is 9.37. The van der Waals surface area contributed by atoms with Crippen LogP contribution in [0.15, 0.2) is 12.1 Å². The Hall–Kier alpha value is -0.940. The fraction of sp³-hybridized carbons (Fsp3) is 0.222. The van der Waals surface area contributed by atoms with Gasteiger partial charge in [0.1, 0.15) is 0 Å². The lowest BCUT2D eigenvalue weighted by Crippen LogP contribution is -2.09. The number of rotatable bonds is 1. The van der Waals surface area contributed by atoms with Gasteiger partial charge in [0.05, 0.1) is 28.3 Å². The van der Waals surface area contributed by atoms with Crippen molar-refractivity contribution >= 4 is 29.2 Å². The molecule has 7 heteroatoms. The molecule has 0 unspecified atom stereocenters. The molecular weight excluding hydrogens is 268 g/mol. The number of carbonyl (C=O) groups excluding carboxylic acids is 1. The van der Waals surface area contributed by atoms with Crippen LogP contribution in [0.5, 0.6) is 0 Å². The summed E-state index contributed by atoms with van der Waals surface area (Å²) in [6, 6.07) is 1.43. The van der Waals surface area contributed by atoms with Crippen molar-refractivity contribution in [1.29, 1.82) is 0 Å². The summed E-state index contributed by atoms with van der Waals surface area (Å²) in [6.07, 6.45) is -4.62. The standard InChI is InChI=1S/C9H5Cl2F3O2/c1-16-8(15)4-2-7(11)5(3-6(4)10)9(12,13)14/h2-3H,1H3. The lowest BCUT2D eigenvalue weighted by molar-refractivity contribution is -0.137. The molecule has 0 aliphatic rings. The van der Waals surface area contributed by atoms with Gasteiger partial charge in [-0.1, -0.05) is 23.2 Å². The summed E-state index contributed by atoms with van der Waals surface area (Å²) in [7, 11) is 1.09. The molecule has 0 saturated carbocycles. The van der Waals surface area contributed by atoms with Gasteiger partial charge in [0, 0.05) is 0 Å². The molecule has 0 bridgehead atoms. The van der Waals surface area contributed by atoms with Crippen molar-refractivity contribution in [3.63, 3.8) is 0 Å². The van der Waals surface area contributed by atoms with Crippen molar-refractivity contribution in [2.45, 2.75) is 6.18 Å². The molecule has 1 aromatic rings. The maximum atomic E-state index is 12.4. The van der Waals surface area contributed by atoms with E-state index in [1.54, 1.807) is 0 Å². The first-order valence-electron chi connectivity index (χ1n) is 3.92. The number of benzene rings is 1. The number of ether oxygens (including phenoxy) is 1. The summed E-state index contributed by atoms with van der Waals surface area (Å²) in [4.78, 5) is 11.1. The molecule has 16 heavy (non-hydrogen) atoms. The predicted octanol–water partition coefficient (Wildman–Crippen LogP) is 3.80. The van der Waals surface area contributed by atoms with E-state index < -0.39 is 22.7 Å². The van der Waals surface area contributed by atoms with Crippen LogP contribution in [0.25, 0.3) is 0 Å². The molecule has 88 valence electrons. The molecule has 0 aromatic heterocycles. The van der Waals surface area contributed by atoms with Gasteiger partial charge in [-0.15, -0.1) is 0 Å². The SMILES string of the molecule is COC(=O)c1cc(Cl)c(C(F)(F)F)cc1Cl. The molecule has 1 rings (SSSR count). The Kier molecular flexibility index (Phi) is 3.70. The molecule has 0 aliphatic heterocycles. The van der Waals surface area contributed by atoms with Crippen molar-refractivity contribution in [3.8, 4) is 0 Å². The Morgan fingerprint density at radius 2 is 1.81 bits per heavy atom. The highest BCUT2D eigenvalue weighted by Crippen LogP contribution is 2.37. The van der Waals surface area contributed by atoms with Crippen LogP contribution in [0, 0.1) is 0 Å². The molecule has 0 amide bonds. The largest absolute Gasteiger partial charge is 0.465 e. The second-order valence-electron chi connectivity index (χ2n) is 2.80. The summed E-state index contributed by atoms with van der Waals surface area (Å²) < 4.78 is 41.5. The van der Waals surface area contributed by atoms with Gasteiger partial charge < -0.3 is 4.74 Å². The van der Waals surface area contributed by atoms with Gasteiger partial charge in [-0.25, -0.2) is 4.79 Å². The number of esters is 1. The van der Waals surface area contributed by atoms with Gasteiger partial charge in [0.15, 0.2) is 0 Å². The van der Waals surface area contributed by atoms with E-state index in [1.165, 1.54) is 0 Å². The third-order valence-electron chi connectivity index (χ3n) is 1.77. The topological polar surface area (TPSA) is 26.3 Å². The Morgan fingerprint density at radius 3 is 2.25 bits per heavy atom. The van der Waals surface area contributed by atoms with Crippen LogP contribution in [0.1, 0.15) is 15.9 Å². The van der Waals surface area contributed by atoms with Gasteiger partial charge in [-0.3, -0.25) is 0 Å². The quantitative estimate of drug-likeness (QED) is 0.727. The maximum absolute atomic E-state index is 12.4. The highest BCUT2D eigenvalue weighted by molar-refractivity contribution is 6.36. The number of methoxy groups -OCH3 is 1. The molecule has 0 saturated heterocycles. The molecule has 0 radical (unpaired) electrons. The van der Waals surface area contributed by atoms with Crippen molar-refractivity contribution in [2.75, 3.05) is 7.11 Å². The van der Waals surface area contributed by atoms with Crippen LogP contribution in [0.2, 0.25) is 10.0 Å². The Labute approximate surface area is 98.9 Å². The van der Waals surface area contributed by atoms with Crippen molar-refractivity contribution in [3.05, 3.63) is 33.3 Å². The smallest absolute Gasteiger partial charge is 0.417 e. The molecule has 1 aromatic carbocycles. The Balaban J connectivity index is 3.33. The molecule has 0 atom stereocenters. The zero-order valence-electron chi connectivity index (χ0n) is 7.86. The molecule has 2 nitrogen and oxygen atoms in total. The second-order valence-corrected chi connectivity index (χ2v) is 3.62.